The van der Waals surface area contributed by atoms with Gasteiger partial charge in [-0.25, -0.2) is 9.97 Å². The van der Waals surface area contributed by atoms with Crippen molar-refractivity contribution in [2.45, 2.75) is 25.7 Å². The van der Waals surface area contributed by atoms with Crippen LogP contribution in [-0.4, -0.2) is 49.9 Å². The molecule has 0 radical (unpaired) electrons. The van der Waals surface area contributed by atoms with Gasteiger partial charge >= 0.3 is 0 Å². The van der Waals surface area contributed by atoms with Gasteiger partial charge in [-0.3, -0.25) is 0 Å². The van der Waals surface area contributed by atoms with Gasteiger partial charge in [-0.05, 0) is 64.0 Å². The van der Waals surface area contributed by atoms with Gasteiger partial charge in [0.25, 0.3) is 0 Å². The molecule has 0 aliphatic carbocycles. The van der Waals surface area contributed by atoms with Crippen LogP contribution in [0.1, 0.15) is 31.2 Å². The highest BCUT2D eigenvalue weighted by Crippen LogP contribution is 2.35. The standard InChI is InChI=1S/C20H28N4O2/c1-3-25-19-17(5-4-10-23-19)18-7-6-16(15-8-11-22-12-9-15)20(24-18)26-14-13-21-2/h4-7,10,15,21-22H,3,8-9,11-14H2,1-2H3. The summed E-state index contributed by atoms with van der Waals surface area (Å²) in [6, 6.07) is 8.11. The minimum absolute atomic E-state index is 0.489. The van der Waals surface area contributed by atoms with Crippen LogP contribution in [0.3, 0.4) is 0 Å². The molecule has 3 heterocycles. The van der Waals surface area contributed by atoms with Gasteiger partial charge in [0.05, 0.1) is 17.9 Å². The summed E-state index contributed by atoms with van der Waals surface area (Å²) in [5, 5.41) is 6.54. The Morgan fingerprint density at radius 2 is 2.00 bits per heavy atom. The van der Waals surface area contributed by atoms with Crippen LogP contribution in [0.2, 0.25) is 0 Å². The van der Waals surface area contributed by atoms with Gasteiger partial charge in [0.1, 0.15) is 6.61 Å². The highest BCUT2D eigenvalue weighted by atomic mass is 16.5. The van der Waals surface area contributed by atoms with E-state index >= 15 is 0 Å². The van der Waals surface area contributed by atoms with Crippen LogP contribution in [0.15, 0.2) is 30.5 Å². The van der Waals surface area contributed by atoms with Gasteiger partial charge in [0.15, 0.2) is 0 Å². The monoisotopic (exact) mass is 356 g/mol. The Kier molecular flexibility index (Phi) is 6.80. The van der Waals surface area contributed by atoms with Crippen molar-refractivity contribution in [3.63, 3.8) is 0 Å². The molecule has 2 aromatic heterocycles. The number of ether oxygens (including phenoxy) is 2. The van der Waals surface area contributed by atoms with Crippen LogP contribution in [0.25, 0.3) is 11.3 Å². The predicted molar refractivity (Wildman–Crippen MR) is 103 cm³/mol. The fourth-order valence-corrected chi connectivity index (χ4v) is 3.25. The first-order chi connectivity index (χ1) is 12.8. The van der Waals surface area contributed by atoms with Gasteiger partial charge in [-0.15, -0.1) is 0 Å². The second kappa shape index (κ2) is 9.50. The molecule has 1 aliphatic rings. The van der Waals surface area contributed by atoms with Crippen LogP contribution >= 0.6 is 0 Å². The summed E-state index contributed by atoms with van der Waals surface area (Å²) in [5.41, 5.74) is 2.93. The van der Waals surface area contributed by atoms with Crippen molar-refractivity contribution >= 4 is 0 Å². The van der Waals surface area contributed by atoms with E-state index < -0.39 is 0 Å². The van der Waals surface area contributed by atoms with E-state index in [0.717, 1.165) is 49.6 Å². The highest BCUT2D eigenvalue weighted by molar-refractivity contribution is 5.65. The van der Waals surface area contributed by atoms with Gasteiger partial charge in [-0.2, -0.15) is 0 Å². The normalized spacial score (nSPS) is 15.0. The van der Waals surface area contributed by atoms with E-state index in [9.17, 15) is 0 Å². The zero-order valence-electron chi connectivity index (χ0n) is 15.6. The zero-order valence-corrected chi connectivity index (χ0v) is 15.6. The Balaban J connectivity index is 1.93. The van der Waals surface area contributed by atoms with Crippen molar-refractivity contribution in [3.05, 3.63) is 36.0 Å². The average Bonchev–Trinajstić information content (AvgIpc) is 2.69. The van der Waals surface area contributed by atoms with Crippen molar-refractivity contribution in [1.82, 2.24) is 20.6 Å². The summed E-state index contributed by atoms with van der Waals surface area (Å²) in [5.74, 6) is 1.83. The summed E-state index contributed by atoms with van der Waals surface area (Å²) >= 11 is 0. The van der Waals surface area contributed by atoms with Crippen molar-refractivity contribution in [3.8, 4) is 23.0 Å². The number of nitrogens with one attached hydrogen (secondary N) is 2. The van der Waals surface area contributed by atoms with Crippen LogP contribution in [0, 0.1) is 0 Å². The van der Waals surface area contributed by atoms with Gasteiger partial charge < -0.3 is 20.1 Å². The Morgan fingerprint density at radius 3 is 2.77 bits per heavy atom. The largest absolute Gasteiger partial charge is 0.477 e. The number of pyridine rings is 2. The molecule has 1 aliphatic heterocycles. The molecule has 0 saturated carbocycles. The quantitative estimate of drug-likeness (QED) is 0.709. The lowest BCUT2D eigenvalue weighted by molar-refractivity contribution is 0.298. The van der Waals surface area contributed by atoms with E-state index in [0.29, 0.717) is 25.0 Å². The second-order valence-corrected chi connectivity index (χ2v) is 6.36. The van der Waals surface area contributed by atoms with Crippen molar-refractivity contribution in [2.75, 3.05) is 39.9 Å². The lowest BCUT2D eigenvalue weighted by Crippen LogP contribution is -2.27. The molecular weight excluding hydrogens is 328 g/mol. The summed E-state index contributed by atoms with van der Waals surface area (Å²) < 4.78 is 11.7. The Labute approximate surface area is 155 Å². The first kappa shape index (κ1) is 18.6. The third kappa shape index (κ3) is 4.51. The van der Waals surface area contributed by atoms with Crippen molar-refractivity contribution in [2.24, 2.45) is 0 Å². The third-order valence-corrected chi connectivity index (χ3v) is 4.59. The number of hydrogen-bond acceptors (Lipinski definition) is 6. The number of piperidine rings is 1. The molecular formula is C20H28N4O2. The number of rotatable bonds is 8. The predicted octanol–water partition coefficient (Wildman–Crippen LogP) is 2.61. The molecule has 2 aromatic rings. The molecule has 3 rings (SSSR count). The molecule has 1 saturated heterocycles. The average molecular weight is 356 g/mol. The number of aromatic nitrogens is 2. The fourth-order valence-electron chi connectivity index (χ4n) is 3.25. The Morgan fingerprint density at radius 1 is 1.15 bits per heavy atom. The molecule has 26 heavy (non-hydrogen) atoms. The molecule has 0 amide bonds. The third-order valence-electron chi connectivity index (χ3n) is 4.59. The summed E-state index contributed by atoms with van der Waals surface area (Å²) in [4.78, 5) is 9.18. The summed E-state index contributed by atoms with van der Waals surface area (Å²) in [7, 11) is 1.92. The molecule has 1 fully saturated rings. The number of likely N-dealkylation sites (N-methyl/N-ethyl adjacent to an activating group) is 1. The van der Waals surface area contributed by atoms with Gasteiger partial charge in [0, 0.05) is 18.3 Å². The first-order valence-corrected chi connectivity index (χ1v) is 9.40. The Hall–Kier alpha value is -2.18. The summed E-state index contributed by atoms with van der Waals surface area (Å²) in [6.45, 7) is 5.99. The van der Waals surface area contributed by atoms with Crippen LogP contribution in [-0.2, 0) is 0 Å². The maximum absolute atomic E-state index is 6.04. The molecule has 6 heteroatoms. The second-order valence-electron chi connectivity index (χ2n) is 6.36. The first-order valence-electron chi connectivity index (χ1n) is 9.40. The maximum atomic E-state index is 6.04. The Bertz CT molecular complexity index is 702. The molecule has 6 nitrogen and oxygen atoms in total. The molecule has 0 unspecified atom stereocenters. The van der Waals surface area contributed by atoms with Crippen LogP contribution < -0.4 is 20.1 Å². The van der Waals surface area contributed by atoms with Crippen LogP contribution in [0.4, 0.5) is 0 Å². The maximum Gasteiger partial charge on any atom is 0.222 e. The van der Waals surface area contributed by atoms with E-state index in [-0.39, 0.29) is 0 Å². The smallest absolute Gasteiger partial charge is 0.222 e. The van der Waals surface area contributed by atoms with E-state index in [2.05, 4.69) is 27.8 Å². The lowest BCUT2D eigenvalue weighted by Gasteiger charge is -2.24. The highest BCUT2D eigenvalue weighted by Gasteiger charge is 2.21. The molecule has 0 atom stereocenters. The minimum Gasteiger partial charge on any atom is -0.477 e. The summed E-state index contributed by atoms with van der Waals surface area (Å²) in [6.07, 6.45) is 3.96. The van der Waals surface area contributed by atoms with E-state index in [1.807, 2.05) is 26.1 Å². The van der Waals surface area contributed by atoms with E-state index in [1.54, 1.807) is 6.20 Å². The van der Waals surface area contributed by atoms with Crippen molar-refractivity contribution < 1.29 is 9.47 Å². The lowest BCUT2D eigenvalue weighted by atomic mass is 9.90. The SMILES string of the molecule is CCOc1ncccc1-c1ccc(C2CCNCC2)c(OCCNC)n1. The molecule has 0 bridgehead atoms. The van der Waals surface area contributed by atoms with Gasteiger partial charge in [0.2, 0.25) is 11.8 Å². The molecule has 0 spiro atoms. The zero-order chi connectivity index (χ0) is 18.2. The van der Waals surface area contributed by atoms with Crippen molar-refractivity contribution in [1.29, 1.82) is 0 Å². The number of nitrogens with zero attached hydrogens (tertiary/aromatic N) is 2. The van der Waals surface area contributed by atoms with E-state index in [1.165, 1.54) is 5.56 Å². The topological polar surface area (TPSA) is 68.3 Å². The fraction of sp³-hybridized carbons (Fsp3) is 0.500. The van der Waals surface area contributed by atoms with Crippen LogP contribution in [0.5, 0.6) is 11.8 Å². The minimum atomic E-state index is 0.489. The number of hydrogen-bond donors (Lipinski definition) is 2. The molecule has 0 aromatic carbocycles. The molecule has 140 valence electrons. The van der Waals surface area contributed by atoms with Gasteiger partial charge in [-0.1, -0.05) is 6.07 Å². The van der Waals surface area contributed by atoms with E-state index in [4.69, 9.17) is 14.5 Å². The molecule has 2 N–H and O–H groups in total.